The van der Waals surface area contributed by atoms with Crippen molar-refractivity contribution in [1.29, 1.82) is 0 Å². The molecule has 1 N–H and O–H groups in total. The Hall–Kier alpha value is -0.990. The first-order valence-electron chi connectivity index (χ1n) is 1.85. The molecule has 0 aliphatic rings. The Bertz CT molecular complexity index is 124. The number of nitrogens with zero attached hydrogens (tertiary/aromatic N) is 1. The minimum Gasteiger partial charge on any atom is -0.461 e. The van der Waals surface area contributed by atoms with Gasteiger partial charge >= 0.3 is 0 Å². The normalized spacial score (nSPS) is 8.71. The van der Waals surface area contributed by atoms with E-state index in [0.29, 0.717) is 6.01 Å². The highest BCUT2D eigenvalue weighted by Gasteiger charge is 1.83. The third kappa shape index (κ3) is 0.707. The van der Waals surface area contributed by atoms with E-state index in [4.69, 9.17) is 0 Å². The van der Waals surface area contributed by atoms with Crippen LogP contribution in [0.4, 0.5) is 0 Å². The average molecular weight is 97.1 g/mol. The first-order chi connectivity index (χ1) is 3.43. The Morgan fingerprint density at radius 1 is 1.86 bits per heavy atom. The SMILES string of the molecule is [CH2]Oc1ncc[nH]1. The average Bonchev–Trinajstić information content (AvgIpc) is 2.14. The van der Waals surface area contributed by atoms with Crippen LogP contribution in [0.2, 0.25) is 0 Å². The second kappa shape index (κ2) is 1.64. The number of aromatic nitrogens is 2. The number of ether oxygens (including phenoxy) is 1. The van der Waals surface area contributed by atoms with Gasteiger partial charge in [-0.15, -0.1) is 0 Å². The fraction of sp³-hybridized carbons (Fsp3) is 0. The van der Waals surface area contributed by atoms with Gasteiger partial charge in [0.25, 0.3) is 6.01 Å². The van der Waals surface area contributed by atoms with Crippen LogP contribution in [0.5, 0.6) is 6.01 Å². The summed E-state index contributed by atoms with van der Waals surface area (Å²) >= 11 is 0. The molecule has 37 valence electrons. The minimum atomic E-state index is 0.444. The summed E-state index contributed by atoms with van der Waals surface area (Å²) in [6.45, 7) is 0. The summed E-state index contributed by atoms with van der Waals surface area (Å²) < 4.78 is 4.44. The molecule has 0 aliphatic heterocycles. The summed E-state index contributed by atoms with van der Waals surface area (Å²) in [5, 5.41) is 0. The predicted octanol–water partition coefficient (Wildman–Crippen LogP) is 0.580. The van der Waals surface area contributed by atoms with Gasteiger partial charge in [-0.2, -0.15) is 0 Å². The maximum atomic E-state index is 4.44. The maximum Gasteiger partial charge on any atom is 0.293 e. The zero-order valence-corrected chi connectivity index (χ0v) is 3.72. The Kier molecular flexibility index (Phi) is 0.978. The standard InChI is InChI=1S/C4H5N2O/c1-7-4-5-2-3-6-4/h2-3H,1H2,(H,5,6). The van der Waals surface area contributed by atoms with E-state index >= 15 is 0 Å². The third-order valence-corrected chi connectivity index (χ3v) is 0.610. The van der Waals surface area contributed by atoms with Crippen LogP contribution in [-0.2, 0) is 0 Å². The number of aromatic amines is 1. The monoisotopic (exact) mass is 97.0 g/mol. The van der Waals surface area contributed by atoms with Crippen molar-refractivity contribution in [3.05, 3.63) is 19.5 Å². The quantitative estimate of drug-likeness (QED) is 0.556. The zero-order valence-electron chi connectivity index (χ0n) is 3.72. The molecule has 0 amide bonds. The van der Waals surface area contributed by atoms with Gasteiger partial charge in [-0.1, -0.05) is 0 Å². The molecular weight excluding hydrogens is 92.1 g/mol. The molecule has 0 bridgehead atoms. The Balaban J connectivity index is 2.76. The number of H-pyrrole nitrogens is 1. The van der Waals surface area contributed by atoms with E-state index in [1.807, 2.05) is 0 Å². The fourth-order valence-corrected chi connectivity index (χ4v) is 0.330. The molecule has 7 heavy (non-hydrogen) atoms. The highest BCUT2D eigenvalue weighted by atomic mass is 16.5. The van der Waals surface area contributed by atoms with Crippen molar-refractivity contribution < 1.29 is 4.74 Å². The first-order valence-corrected chi connectivity index (χ1v) is 1.85. The van der Waals surface area contributed by atoms with Crippen molar-refractivity contribution in [1.82, 2.24) is 9.97 Å². The molecule has 1 rings (SSSR count). The van der Waals surface area contributed by atoms with E-state index in [0.717, 1.165) is 0 Å². The molecule has 0 aliphatic carbocycles. The molecule has 0 saturated carbocycles. The highest BCUT2D eigenvalue weighted by molar-refractivity contribution is 4.91. The van der Waals surface area contributed by atoms with Crippen molar-refractivity contribution in [2.75, 3.05) is 0 Å². The van der Waals surface area contributed by atoms with Crippen LogP contribution in [0.15, 0.2) is 12.4 Å². The highest BCUT2D eigenvalue weighted by Crippen LogP contribution is 1.94. The van der Waals surface area contributed by atoms with Crippen LogP contribution in [0, 0.1) is 7.11 Å². The topological polar surface area (TPSA) is 37.9 Å². The van der Waals surface area contributed by atoms with Crippen LogP contribution in [0.3, 0.4) is 0 Å². The van der Waals surface area contributed by atoms with Gasteiger partial charge in [0.1, 0.15) is 7.11 Å². The Morgan fingerprint density at radius 3 is 3.00 bits per heavy atom. The number of hydrogen-bond acceptors (Lipinski definition) is 2. The van der Waals surface area contributed by atoms with Gasteiger partial charge in [0, 0.05) is 12.4 Å². The van der Waals surface area contributed by atoms with E-state index in [9.17, 15) is 0 Å². The molecule has 3 heteroatoms. The maximum absolute atomic E-state index is 4.44. The molecule has 0 fully saturated rings. The van der Waals surface area contributed by atoms with Crippen molar-refractivity contribution >= 4 is 0 Å². The summed E-state index contributed by atoms with van der Waals surface area (Å²) in [5.74, 6) is 0. The number of nitrogens with one attached hydrogen (secondary N) is 1. The third-order valence-electron chi connectivity index (χ3n) is 0.610. The summed E-state index contributed by atoms with van der Waals surface area (Å²) in [6, 6.07) is 0.444. The summed E-state index contributed by atoms with van der Waals surface area (Å²) in [4.78, 5) is 6.39. The van der Waals surface area contributed by atoms with E-state index in [1.165, 1.54) is 0 Å². The van der Waals surface area contributed by atoms with Gasteiger partial charge < -0.3 is 9.72 Å². The van der Waals surface area contributed by atoms with E-state index < -0.39 is 0 Å². The van der Waals surface area contributed by atoms with E-state index in [-0.39, 0.29) is 0 Å². The molecule has 0 atom stereocenters. The van der Waals surface area contributed by atoms with Gasteiger partial charge in [-0.3, -0.25) is 0 Å². The molecule has 0 spiro atoms. The van der Waals surface area contributed by atoms with Crippen LogP contribution in [0.1, 0.15) is 0 Å². The Labute approximate surface area is 41.3 Å². The molecule has 1 heterocycles. The smallest absolute Gasteiger partial charge is 0.293 e. The van der Waals surface area contributed by atoms with Gasteiger partial charge in [0.05, 0.1) is 0 Å². The number of imidazole rings is 1. The largest absolute Gasteiger partial charge is 0.461 e. The molecule has 1 radical (unpaired) electrons. The molecule has 0 unspecified atom stereocenters. The second-order valence-electron chi connectivity index (χ2n) is 1.04. The number of rotatable bonds is 1. The lowest BCUT2D eigenvalue weighted by atomic mass is 11.0. The van der Waals surface area contributed by atoms with Crippen molar-refractivity contribution in [3.63, 3.8) is 0 Å². The first kappa shape index (κ1) is 4.18. The molecule has 0 aromatic carbocycles. The molecule has 0 saturated heterocycles. The van der Waals surface area contributed by atoms with Crippen molar-refractivity contribution in [2.45, 2.75) is 0 Å². The summed E-state index contributed by atoms with van der Waals surface area (Å²) in [5.41, 5.74) is 0. The molecule has 3 nitrogen and oxygen atoms in total. The van der Waals surface area contributed by atoms with Crippen LogP contribution in [-0.4, -0.2) is 9.97 Å². The van der Waals surface area contributed by atoms with Gasteiger partial charge in [0.2, 0.25) is 0 Å². The van der Waals surface area contributed by atoms with Gasteiger partial charge in [0.15, 0.2) is 0 Å². The second-order valence-corrected chi connectivity index (χ2v) is 1.04. The molecule has 1 aromatic rings. The Morgan fingerprint density at radius 2 is 2.71 bits per heavy atom. The summed E-state index contributed by atoms with van der Waals surface area (Å²) in [7, 11) is 3.13. The lowest BCUT2D eigenvalue weighted by Gasteiger charge is -1.84. The molecular formula is C4H5N2O. The predicted molar refractivity (Wildman–Crippen MR) is 24.6 cm³/mol. The van der Waals surface area contributed by atoms with Crippen LogP contribution < -0.4 is 4.74 Å². The van der Waals surface area contributed by atoms with E-state index in [1.54, 1.807) is 12.4 Å². The van der Waals surface area contributed by atoms with Gasteiger partial charge in [-0.25, -0.2) is 4.98 Å². The van der Waals surface area contributed by atoms with Crippen molar-refractivity contribution in [3.8, 4) is 6.01 Å². The number of hydrogen-bond donors (Lipinski definition) is 1. The fourth-order valence-electron chi connectivity index (χ4n) is 0.330. The van der Waals surface area contributed by atoms with Crippen LogP contribution >= 0.6 is 0 Å². The lowest BCUT2D eigenvalue weighted by molar-refractivity contribution is 0.438. The van der Waals surface area contributed by atoms with Gasteiger partial charge in [-0.05, 0) is 0 Å². The van der Waals surface area contributed by atoms with E-state index in [2.05, 4.69) is 21.8 Å². The van der Waals surface area contributed by atoms with Crippen molar-refractivity contribution in [2.24, 2.45) is 0 Å². The van der Waals surface area contributed by atoms with Crippen LogP contribution in [0.25, 0.3) is 0 Å². The minimum absolute atomic E-state index is 0.444. The summed E-state index contributed by atoms with van der Waals surface area (Å²) in [6.07, 6.45) is 3.26. The lowest BCUT2D eigenvalue weighted by Crippen LogP contribution is -1.78. The molecule has 1 aromatic heterocycles. The zero-order chi connectivity index (χ0) is 5.11.